The van der Waals surface area contributed by atoms with E-state index in [1.165, 1.54) is 0 Å². The molecule has 0 saturated carbocycles. The molecule has 0 radical (unpaired) electrons. The first kappa shape index (κ1) is 27.2. The van der Waals surface area contributed by atoms with Crippen molar-refractivity contribution >= 4 is 57.9 Å². The second-order valence-electron chi connectivity index (χ2n) is 6.18. The highest BCUT2D eigenvalue weighted by atomic mass is 35.5. The largest absolute Gasteiger partial charge is 0.435 e. The molecule has 180 valence electrons. The minimum absolute atomic E-state index is 0.00641. The number of aliphatic imine (C=N–C) groups is 1. The molecule has 34 heavy (non-hydrogen) atoms. The fourth-order valence-electron chi connectivity index (χ4n) is 2.52. The number of halogens is 9. The molecule has 0 aliphatic heterocycles. The summed E-state index contributed by atoms with van der Waals surface area (Å²) in [5.41, 5.74) is -3.05. The topological polar surface area (TPSA) is 109 Å². The number of benzene rings is 1. The number of hydrogen-bond acceptors (Lipinski definition) is 6. The van der Waals surface area contributed by atoms with Gasteiger partial charge in [-0.1, -0.05) is 23.2 Å². The number of rotatable bonds is 5. The van der Waals surface area contributed by atoms with Crippen LogP contribution in [0.3, 0.4) is 0 Å². The Labute approximate surface area is 199 Å². The normalized spacial score (nSPS) is 13.2. The van der Waals surface area contributed by atoms with Gasteiger partial charge in [0.1, 0.15) is 16.6 Å². The Bertz CT molecular complexity index is 1210. The third-order valence-electron chi connectivity index (χ3n) is 4.14. The number of nitrogens with zero attached hydrogens (tertiary/aromatic N) is 3. The van der Waals surface area contributed by atoms with Gasteiger partial charge in [-0.15, -0.1) is 16.2 Å². The molecule has 0 atom stereocenters. The number of allylic oxidation sites excluding steroid dienone is 1. The van der Waals surface area contributed by atoms with Crippen LogP contribution >= 0.6 is 34.5 Å². The summed E-state index contributed by atoms with van der Waals surface area (Å²) in [5, 5.41) is 9.57. The molecule has 1 aromatic heterocycles. The fourth-order valence-corrected chi connectivity index (χ4v) is 4.04. The van der Waals surface area contributed by atoms with Crippen LogP contribution in [-0.2, 0) is 5.67 Å². The highest BCUT2D eigenvalue weighted by Crippen LogP contribution is 2.54. The summed E-state index contributed by atoms with van der Waals surface area (Å²) in [6.07, 6.45) is -10.9. The van der Waals surface area contributed by atoms with Crippen LogP contribution in [0.4, 0.5) is 36.4 Å². The van der Waals surface area contributed by atoms with E-state index in [1.54, 1.807) is 6.07 Å². The van der Waals surface area contributed by atoms with Crippen LogP contribution in [0.5, 0.6) is 0 Å². The summed E-state index contributed by atoms with van der Waals surface area (Å²) in [5.74, 6) is -1.24. The lowest BCUT2D eigenvalue weighted by atomic mass is 9.94. The first-order chi connectivity index (χ1) is 15.6. The molecule has 2 rings (SSSR count). The molecule has 0 spiro atoms. The van der Waals surface area contributed by atoms with Gasteiger partial charge in [0.05, 0.1) is 15.6 Å². The molecular weight excluding hydrogens is 540 g/mol. The predicted octanol–water partition coefficient (Wildman–Crippen LogP) is 6.82. The number of thiophene rings is 1. The van der Waals surface area contributed by atoms with Crippen molar-refractivity contribution in [1.82, 2.24) is 0 Å². The van der Waals surface area contributed by atoms with Gasteiger partial charge in [0.2, 0.25) is 0 Å². The van der Waals surface area contributed by atoms with E-state index < -0.39 is 45.2 Å². The van der Waals surface area contributed by atoms with E-state index in [0.29, 0.717) is 11.3 Å². The van der Waals surface area contributed by atoms with Crippen LogP contribution in [0, 0.1) is 16.2 Å². The summed E-state index contributed by atoms with van der Waals surface area (Å²) in [6.45, 7) is 0. The van der Waals surface area contributed by atoms with Crippen LogP contribution in [0.1, 0.15) is 25.7 Å². The molecule has 6 nitrogen and oxygen atoms in total. The van der Waals surface area contributed by atoms with Crippen LogP contribution in [0.2, 0.25) is 10.0 Å². The first-order valence-electron chi connectivity index (χ1n) is 8.32. The number of hydrogen-bond donors (Lipinski definition) is 1. The molecule has 2 aromatic rings. The van der Waals surface area contributed by atoms with Crippen molar-refractivity contribution in [3.8, 4) is 6.07 Å². The predicted molar refractivity (Wildman–Crippen MR) is 111 cm³/mol. The summed E-state index contributed by atoms with van der Waals surface area (Å²) in [6, 6.07) is 2.93. The third-order valence-corrected chi connectivity index (χ3v) is 5.80. The molecule has 0 aliphatic carbocycles. The second kappa shape index (κ2) is 9.69. The zero-order chi connectivity index (χ0) is 26.1. The number of carbonyl (C=O) groups excluding carboxylic acids is 1. The van der Waals surface area contributed by atoms with E-state index in [0.717, 1.165) is 18.5 Å². The summed E-state index contributed by atoms with van der Waals surface area (Å²) < 4.78 is 92.2. The maximum Gasteiger partial charge on any atom is 0.435 e. The van der Waals surface area contributed by atoms with Crippen molar-refractivity contribution in [2.45, 2.75) is 18.0 Å². The van der Waals surface area contributed by atoms with Gasteiger partial charge in [-0.3, -0.25) is 9.79 Å². The van der Waals surface area contributed by atoms with Crippen molar-refractivity contribution in [1.29, 1.82) is 5.26 Å². The molecule has 0 unspecified atom stereocenters. The SMILES string of the molecule is N#Cc1sc(C(C=Nc2c(Cl)cc(C(F)(C(F)(F)F)C(F)(F)F)cc2Cl)=CN)cc1C(=O)N=O. The maximum atomic E-state index is 14.3. The lowest BCUT2D eigenvalue weighted by molar-refractivity contribution is -0.348. The summed E-state index contributed by atoms with van der Waals surface area (Å²) in [7, 11) is 0. The van der Waals surface area contributed by atoms with Crippen molar-refractivity contribution in [2.24, 2.45) is 15.9 Å². The Balaban J connectivity index is 2.54. The van der Waals surface area contributed by atoms with E-state index in [4.69, 9.17) is 34.2 Å². The van der Waals surface area contributed by atoms with Crippen molar-refractivity contribution in [3.63, 3.8) is 0 Å². The molecule has 1 heterocycles. The Kier molecular flexibility index (Phi) is 7.76. The number of nitrogens with two attached hydrogens (primary N) is 1. The number of nitriles is 1. The van der Waals surface area contributed by atoms with Crippen molar-refractivity contribution < 1.29 is 35.5 Å². The maximum absolute atomic E-state index is 14.3. The van der Waals surface area contributed by atoms with E-state index in [1.807, 2.05) is 0 Å². The molecule has 0 saturated heterocycles. The van der Waals surface area contributed by atoms with Gasteiger partial charge in [-0.25, -0.2) is 4.39 Å². The lowest BCUT2D eigenvalue weighted by Gasteiger charge is -2.30. The van der Waals surface area contributed by atoms with Crippen molar-refractivity contribution in [3.05, 3.63) is 60.2 Å². The number of nitroso groups, excluding NO2 is 1. The summed E-state index contributed by atoms with van der Waals surface area (Å²) in [4.78, 5) is 25.7. The van der Waals surface area contributed by atoms with Crippen LogP contribution in [0.15, 0.2) is 34.6 Å². The first-order valence-corrected chi connectivity index (χ1v) is 9.89. The summed E-state index contributed by atoms with van der Waals surface area (Å²) >= 11 is 12.2. The molecule has 0 aliphatic rings. The third kappa shape index (κ3) is 4.91. The molecule has 0 fully saturated rings. The average Bonchev–Trinajstić information content (AvgIpc) is 3.17. The zero-order valence-corrected chi connectivity index (χ0v) is 18.3. The zero-order valence-electron chi connectivity index (χ0n) is 15.9. The minimum Gasteiger partial charge on any atom is -0.404 e. The molecule has 1 amide bonds. The molecule has 0 bridgehead atoms. The highest BCUT2D eigenvalue weighted by Gasteiger charge is 2.73. The lowest BCUT2D eigenvalue weighted by Crippen LogP contribution is -2.50. The average molecular weight is 547 g/mol. The number of amides is 1. The monoisotopic (exact) mass is 546 g/mol. The van der Waals surface area contributed by atoms with Gasteiger partial charge >= 0.3 is 23.9 Å². The number of carbonyl (C=O) groups is 1. The van der Waals surface area contributed by atoms with E-state index in [9.17, 15) is 40.4 Å². The van der Waals surface area contributed by atoms with Gasteiger partial charge in [-0.05, 0) is 18.2 Å². The van der Waals surface area contributed by atoms with E-state index in [2.05, 4.69) is 10.2 Å². The van der Waals surface area contributed by atoms with Crippen LogP contribution < -0.4 is 5.73 Å². The molecule has 2 N–H and O–H groups in total. The standard InChI is InChI=1S/C18H7Cl2F7N4O2S/c19-10-1-8(16(21,17(22,23)24)18(25,26)27)2-11(20)14(10)30-6-7(4-28)12-3-9(15(32)31-33)13(5-29)34-12/h1-4,6H,28H2. The van der Waals surface area contributed by atoms with E-state index >= 15 is 0 Å². The quantitative estimate of drug-likeness (QED) is 0.252. The number of alkyl halides is 7. The minimum atomic E-state index is -6.37. The van der Waals surface area contributed by atoms with Gasteiger partial charge in [0.15, 0.2) is 0 Å². The molecule has 1 aromatic carbocycles. The Morgan fingerprint density at radius 2 is 1.59 bits per heavy atom. The highest BCUT2D eigenvalue weighted by molar-refractivity contribution is 7.14. The Morgan fingerprint density at radius 3 is 2.00 bits per heavy atom. The molecule has 16 heteroatoms. The molecular formula is C18H7Cl2F7N4O2S. The smallest absolute Gasteiger partial charge is 0.404 e. The Hall–Kier alpha value is -3.02. The van der Waals surface area contributed by atoms with Gasteiger partial charge in [0, 0.05) is 33.6 Å². The van der Waals surface area contributed by atoms with Crippen molar-refractivity contribution in [2.75, 3.05) is 0 Å². The van der Waals surface area contributed by atoms with Crippen LogP contribution in [0.25, 0.3) is 5.57 Å². The van der Waals surface area contributed by atoms with Gasteiger partial charge < -0.3 is 5.73 Å². The van der Waals surface area contributed by atoms with Gasteiger partial charge in [-0.2, -0.15) is 31.6 Å². The van der Waals surface area contributed by atoms with E-state index in [-0.39, 0.29) is 33.0 Å². The fraction of sp³-hybridized carbons (Fsp3) is 0.167. The Morgan fingerprint density at radius 1 is 1.06 bits per heavy atom. The second-order valence-corrected chi connectivity index (χ2v) is 8.05. The van der Waals surface area contributed by atoms with Crippen LogP contribution in [-0.4, -0.2) is 24.5 Å². The van der Waals surface area contributed by atoms with Gasteiger partial charge in [0.25, 0.3) is 0 Å².